The van der Waals surface area contributed by atoms with E-state index in [9.17, 15) is 4.39 Å². The zero-order chi connectivity index (χ0) is 12.5. The normalized spacial score (nSPS) is 10.7. The van der Waals surface area contributed by atoms with Crippen molar-refractivity contribution in [1.82, 2.24) is 9.97 Å². The van der Waals surface area contributed by atoms with E-state index in [0.29, 0.717) is 11.6 Å². The van der Waals surface area contributed by atoms with E-state index in [2.05, 4.69) is 9.97 Å². The van der Waals surface area contributed by atoms with Crippen molar-refractivity contribution in [2.75, 3.05) is 5.73 Å². The molecule has 2 heterocycles. The van der Waals surface area contributed by atoms with Gasteiger partial charge >= 0.3 is 0 Å². The van der Waals surface area contributed by atoms with E-state index in [1.54, 1.807) is 6.07 Å². The Morgan fingerprint density at radius 1 is 1.22 bits per heavy atom. The SMILES string of the molecule is Nc1ccc(Oc2ncnc3ccsc23)cc1F. The molecule has 2 aromatic heterocycles. The summed E-state index contributed by atoms with van der Waals surface area (Å²) in [4.78, 5) is 8.15. The number of hydrogen-bond donors (Lipinski definition) is 1. The summed E-state index contributed by atoms with van der Waals surface area (Å²) in [6.07, 6.45) is 1.41. The number of fused-ring (bicyclic) bond motifs is 1. The molecule has 0 saturated heterocycles. The van der Waals surface area contributed by atoms with Crippen molar-refractivity contribution in [1.29, 1.82) is 0 Å². The second kappa shape index (κ2) is 4.23. The quantitative estimate of drug-likeness (QED) is 0.719. The first-order chi connectivity index (χ1) is 8.74. The van der Waals surface area contributed by atoms with Gasteiger partial charge in [0.2, 0.25) is 5.88 Å². The summed E-state index contributed by atoms with van der Waals surface area (Å²) in [5.41, 5.74) is 6.30. The van der Waals surface area contributed by atoms with E-state index in [0.717, 1.165) is 10.2 Å². The van der Waals surface area contributed by atoms with Gasteiger partial charge in [-0.3, -0.25) is 0 Å². The van der Waals surface area contributed by atoms with Crippen molar-refractivity contribution >= 4 is 27.2 Å². The smallest absolute Gasteiger partial charge is 0.240 e. The van der Waals surface area contributed by atoms with Crippen LogP contribution in [0.4, 0.5) is 10.1 Å². The molecule has 0 unspecified atom stereocenters. The number of halogens is 1. The van der Waals surface area contributed by atoms with Crippen molar-refractivity contribution in [2.24, 2.45) is 0 Å². The van der Waals surface area contributed by atoms with E-state index < -0.39 is 5.82 Å². The Morgan fingerprint density at radius 2 is 2.11 bits per heavy atom. The summed E-state index contributed by atoms with van der Waals surface area (Å²) < 4.78 is 19.7. The summed E-state index contributed by atoms with van der Waals surface area (Å²) in [6, 6.07) is 6.16. The summed E-state index contributed by atoms with van der Waals surface area (Å²) >= 11 is 1.47. The van der Waals surface area contributed by atoms with Crippen molar-refractivity contribution in [3.63, 3.8) is 0 Å². The van der Waals surface area contributed by atoms with Crippen molar-refractivity contribution in [3.8, 4) is 11.6 Å². The van der Waals surface area contributed by atoms with Gasteiger partial charge in [0.1, 0.15) is 22.6 Å². The second-order valence-corrected chi connectivity index (χ2v) is 4.52. The predicted octanol–water partition coefficient (Wildman–Crippen LogP) is 3.20. The van der Waals surface area contributed by atoms with Crippen LogP contribution in [-0.4, -0.2) is 9.97 Å². The average molecular weight is 261 g/mol. The van der Waals surface area contributed by atoms with Gasteiger partial charge < -0.3 is 10.5 Å². The van der Waals surface area contributed by atoms with Crippen LogP contribution >= 0.6 is 11.3 Å². The maximum Gasteiger partial charge on any atom is 0.240 e. The molecule has 2 N–H and O–H groups in total. The first kappa shape index (κ1) is 10.9. The molecule has 1 aromatic carbocycles. The molecule has 90 valence electrons. The molecule has 0 amide bonds. The Bertz CT molecular complexity index is 713. The number of nitrogen functional groups attached to an aromatic ring is 1. The molecule has 6 heteroatoms. The molecule has 0 aliphatic heterocycles. The fourth-order valence-corrected chi connectivity index (χ4v) is 2.29. The predicted molar refractivity (Wildman–Crippen MR) is 68.3 cm³/mol. The average Bonchev–Trinajstić information content (AvgIpc) is 2.83. The summed E-state index contributed by atoms with van der Waals surface area (Å²) in [5, 5.41) is 1.90. The van der Waals surface area contributed by atoms with Crippen LogP contribution in [0, 0.1) is 5.82 Å². The number of benzene rings is 1. The van der Waals surface area contributed by atoms with E-state index in [-0.39, 0.29) is 5.69 Å². The molecular weight excluding hydrogens is 253 g/mol. The Morgan fingerprint density at radius 3 is 2.94 bits per heavy atom. The van der Waals surface area contributed by atoms with Gasteiger partial charge in [0.25, 0.3) is 0 Å². The number of nitrogens with two attached hydrogens (primary N) is 1. The molecule has 0 aliphatic carbocycles. The number of hydrogen-bond acceptors (Lipinski definition) is 5. The molecular formula is C12H8FN3OS. The molecule has 0 saturated carbocycles. The van der Waals surface area contributed by atoms with Crippen LogP contribution in [0.2, 0.25) is 0 Å². The van der Waals surface area contributed by atoms with Crippen molar-refractivity contribution in [3.05, 3.63) is 41.8 Å². The fraction of sp³-hybridized carbons (Fsp3) is 0. The molecule has 0 atom stereocenters. The summed E-state index contributed by atoms with van der Waals surface area (Å²) in [7, 11) is 0. The lowest BCUT2D eigenvalue weighted by molar-refractivity contribution is 0.464. The number of rotatable bonds is 2. The number of nitrogens with zero attached hydrogens (tertiary/aromatic N) is 2. The number of anilines is 1. The maximum absolute atomic E-state index is 13.3. The standard InChI is InChI=1S/C12H8FN3OS/c13-8-5-7(1-2-9(8)14)17-12-11-10(3-4-18-11)15-6-16-12/h1-6H,14H2. The minimum atomic E-state index is -0.510. The van der Waals surface area contributed by atoms with Gasteiger partial charge in [-0.15, -0.1) is 11.3 Å². The number of ether oxygens (including phenoxy) is 1. The molecule has 0 fully saturated rings. The van der Waals surface area contributed by atoms with Gasteiger partial charge in [-0.1, -0.05) is 0 Å². The molecule has 18 heavy (non-hydrogen) atoms. The molecule has 3 aromatic rings. The first-order valence-electron chi connectivity index (χ1n) is 5.15. The van der Waals surface area contributed by atoms with Crippen LogP contribution < -0.4 is 10.5 Å². The van der Waals surface area contributed by atoms with Crippen LogP contribution in [-0.2, 0) is 0 Å². The van der Waals surface area contributed by atoms with Crippen LogP contribution in [0.5, 0.6) is 11.6 Å². The summed E-state index contributed by atoms with van der Waals surface area (Å²) in [5.74, 6) is 0.262. The zero-order valence-corrected chi connectivity index (χ0v) is 9.95. The van der Waals surface area contributed by atoms with Gasteiger partial charge in [0.15, 0.2) is 0 Å². The lowest BCUT2D eigenvalue weighted by Crippen LogP contribution is -1.93. The number of thiophene rings is 1. The lowest BCUT2D eigenvalue weighted by Gasteiger charge is -2.05. The fourth-order valence-electron chi connectivity index (χ4n) is 1.52. The van der Waals surface area contributed by atoms with E-state index in [1.807, 2.05) is 11.4 Å². The van der Waals surface area contributed by atoms with E-state index >= 15 is 0 Å². The van der Waals surface area contributed by atoms with Crippen LogP contribution in [0.1, 0.15) is 0 Å². The van der Waals surface area contributed by atoms with Crippen LogP contribution in [0.25, 0.3) is 10.2 Å². The third-order valence-electron chi connectivity index (χ3n) is 2.40. The summed E-state index contributed by atoms with van der Waals surface area (Å²) in [6.45, 7) is 0. The van der Waals surface area contributed by atoms with Crippen molar-refractivity contribution in [2.45, 2.75) is 0 Å². The highest BCUT2D eigenvalue weighted by Gasteiger charge is 2.08. The molecule has 0 aliphatic rings. The second-order valence-electron chi connectivity index (χ2n) is 3.60. The maximum atomic E-state index is 13.3. The molecule has 0 bridgehead atoms. The largest absolute Gasteiger partial charge is 0.437 e. The first-order valence-corrected chi connectivity index (χ1v) is 6.03. The molecule has 0 spiro atoms. The minimum absolute atomic E-state index is 0.0892. The zero-order valence-electron chi connectivity index (χ0n) is 9.13. The molecule has 4 nitrogen and oxygen atoms in total. The van der Waals surface area contributed by atoms with E-state index in [1.165, 1.54) is 29.8 Å². The third-order valence-corrected chi connectivity index (χ3v) is 3.29. The van der Waals surface area contributed by atoms with Gasteiger partial charge in [-0.25, -0.2) is 14.4 Å². The Kier molecular flexibility index (Phi) is 2.56. The highest BCUT2D eigenvalue weighted by molar-refractivity contribution is 7.17. The van der Waals surface area contributed by atoms with Gasteiger partial charge in [-0.05, 0) is 23.6 Å². The Labute approximate surface area is 106 Å². The molecule has 3 rings (SSSR count). The lowest BCUT2D eigenvalue weighted by atomic mass is 10.3. The third kappa shape index (κ3) is 1.86. The monoisotopic (exact) mass is 261 g/mol. The van der Waals surface area contributed by atoms with Gasteiger partial charge in [0.05, 0.1) is 11.2 Å². The highest BCUT2D eigenvalue weighted by Crippen LogP contribution is 2.31. The van der Waals surface area contributed by atoms with E-state index in [4.69, 9.17) is 10.5 Å². The van der Waals surface area contributed by atoms with Crippen LogP contribution in [0.3, 0.4) is 0 Å². The minimum Gasteiger partial charge on any atom is -0.437 e. The Balaban J connectivity index is 2.01. The topological polar surface area (TPSA) is 61.0 Å². The van der Waals surface area contributed by atoms with Gasteiger partial charge in [-0.2, -0.15) is 0 Å². The highest BCUT2D eigenvalue weighted by atomic mass is 32.1. The van der Waals surface area contributed by atoms with Gasteiger partial charge in [0, 0.05) is 6.07 Å². The van der Waals surface area contributed by atoms with Crippen LogP contribution in [0.15, 0.2) is 36.0 Å². The van der Waals surface area contributed by atoms with Crippen molar-refractivity contribution < 1.29 is 9.13 Å². The molecule has 0 radical (unpaired) electrons. The Hall–Kier alpha value is -2.21. The number of aromatic nitrogens is 2.